The Morgan fingerprint density at radius 2 is 2.25 bits per heavy atom. The Morgan fingerprint density at radius 3 is 3.00 bits per heavy atom. The van der Waals surface area contributed by atoms with Crippen molar-refractivity contribution >= 4 is 40.3 Å². The molecule has 1 aromatic rings. The minimum atomic E-state index is -0.0924. The summed E-state index contributed by atoms with van der Waals surface area (Å²) in [7, 11) is 0. The van der Waals surface area contributed by atoms with Gasteiger partial charge in [-0.3, -0.25) is 4.79 Å². The van der Waals surface area contributed by atoms with E-state index in [0.29, 0.717) is 6.54 Å². The van der Waals surface area contributed by atoms with Gasteiger partial charge < -0.3 is 0 Å². The lowest BCUT2D eigenvalue weighted by Crippen LogP contribution is -2.10. The number of hydrogen-bond donors (Lipinski definition) is 0. The highest BCUT2D eigenvalue weighted by molar-refractivity contribution is 14.1. The van der Waals surface area contributed by atoms with E-state index in [1.54, 1.807) is 0 Å². The number of benzene rings is 1. The van der Waals surface area contributed by atoms with Crippen molar-refractivity contribution in [1.82, 2.24) is 4.42 Å². The topological polar surface area (TPSA) is 20.3 Å². The maximum atomic E-state index is 11.3. The van der Waals surface area contributed by atoms with Gasteiger partial charge in [0, 0.05) is 20.9 Å². The highest BCUT2D eigenvalue weighted by atomic mass is 127. The summed E-state index contributed by atoms with van der Waals surface area (Å²) in [6.07, 6.45) is 0. The fourth-order valence-electron chi connectivity index (χ4n) is 1.24. The molecule has 1 amide bonds. The maximum absolute atomic E-state index is 11.3. The standard InChI is InChI=1S/C8H5ClINO/c9-11-4-5-1-2-6(10)3-7(5)8(11)12/h1-3H,4H2. The summed E-state index contributed by atoms with van der Waals surface area (Å²) in [6, 6.07) is 5.78. The number of carbonyl (C=O) groups is 1. The maximum Gasteiger partial charge on any atom is 0.268 e. The molecule has 4 heteroatoms. The molecule has 0 N–H and O–H groups in total. The van der Waals surface area contributed by atoms with E-state index >= 15 is 0 Å². The van der Waals surface area contributed by atoms with Crippen LogP contribution in [-0.4, -0.2) is 10.3 Å². The number of nitrogens with zero attached hydrogens (tertiary/aromatic N) is 1. The highest BCUT2D eigenvalue weighted by Crippen LogP contribution is 2.25. The molecule has 62 valence electrons. The molecule has 2 nitrogen and oxygen atoms in total. The van der Waals surface area contributed by atoms with Gasteiger partial charge in [0.15, 0.2) is 0 Å². The van der Waals surface area contributed by atoms with Gasteiger partial charge in [0.1, 0.15) is 0 Å². The van der Waals surface area contributed by atoms with Gasteiger partial charge >= 0.3 is 0 Å². The Balaban J connectivity index is 2.56. The number of hydrogen-bond acceptors (Lipinski definition) is 1. The number of amides is 1. The van der Waals surface area contributed by atoms with Gasteiger partial charge in [0.25, 0.3) is 5.91 Å². The third kappa shape index (κ3) is 1.21. The van der Waals surface area contributed by atoms with Crippen LogP contribution >= 0.6 is 34.4 Å². The molecule has 0 bridgehead atoms. The normalized spacial score (nSPS) is 15.2. The molecule has 0 spiro atoms. The monoisotopic (exact) mass is 293 g/mol. The molecule has 0 aliphatic carbocycles. The fraction of sp³-hybridized carbons (Fsp3) is 0.125. The molecular weight excluding hydrogens is 288 g/mol. The van der Waals surface area contributed by atoms with Gasteiger partial charge in [-0.2, -0.15) is 0 Å². The molecule has 2 rings (SSSR count). The largest absolute Gasteiger partial charge is 0.268 e. The summed E-state index contributed by atoms with van der Waals surface area (Å²) in [6.45, 7) is 0.520. The van der Waals surface area contributed by atoms with Crippen LogP contribution in [0, 0.1) is 3.57 Å². The van der Waals surface area contributed by atoms with Crippen molar-refractivity contribution in [2.24, 2.45) is 0 Å². The summed E-state index contributed by atoms with van der Waals surface area (Å²) in [5.41, 5.74) is 1.74. The van der Waals surface area contributed by atoms with Crippen LogP contribution in [0.3, 0.4) is 0 Å². The van der Waals surface area contributed by atoms with Crippen molar-refractivity contribution in [3.8, 4) is 0 Å². The quantitative estimate of drug-likeness (QED) is 0.531. The van der Waals surface area contributed by atoms with Crippen LogP contribution in [0.4, 0.5) is 0 Å². The van der Waals surface area contributed by atoms with Gasteiger partial charge in [-0.15, -0.1) is 0 Å². The van der Waals surface area contributed by atoms with Crippen molar-refractivity contribution in [2.45, 2.75) is 6.54 Å². The summed E-state index contributed by atoms with van der Waals surface area (Å²) < 4.78 is 2.27. The second-order valence-corrected chi connectivity index (χ2v) is 4.28. The van der Waals surface area contributed by atoms with Crippen molar-refractivity contribution in [2.75, 3.05) is 0 Å². The first kappa shape index (κ1) is 8.31. The third-order valence-electron chi connectivity index (χ3n) is 1.83. The number of rotatable bonds is 0. The molecule has 1 aromatic carbocycles. The minimum absolute atomic E-state index is 0.0924. The van der Waals surface area contributed by atoms with Gasteiger partial charge in [0.05, 0.1) is 6.54 Å². The van der Waals surface area contributed by atoms with Crippen LogP contribution in [0.5, 0.6) is 0 Å². The van der Waals surface area contributed by atoms with Crippen LogP contribution in [0.15, 0.2) is 18.2 Å². The van der Waals surface area contributed by atoms with Crippen LogP contribution in [0.25, 0.3) is 0 Å². The van der Waals surface area contributed by atoms with Crippen LogP contribution in [0.2, 0.25) is 0 Å². The third-order valence-corrected chi connectivity index (χ3v) is 2.78. The zero-order valence-corrected chi connectivity index (χ0v) is 8.96. The predicted octanol–water partition coefficient (Wildman–Crippen LogP) is 2.40. The Kier molecular flexibility index (Phi) is 2.00. The summed E-state index contributed by atoms with van der Waals surface area (Å²) in [5, 5.41) is 0. The molecule has 1 aliphatic rings. The van der Waals surface area contributed by atoms with Crippen LogP contribution in [-0.2, 0) is 6.54 Å². The molecular formula is C8H5ClINO. The van der Waals surface area contributed by atoms with Crippen molar-refractivity contribution in [1.29, 1.82) is 0 Å². The molecule has 0 atom stereocenters. The molecule has 0 saturated carbocycles. The first-order valence-corrected chi connectivity index (χ1v) is 4.86. The molecule has 0 aromatic heterocycles. The fourth-order valence-corrected chi connectivity index (χ4v) is 1.95. The average Bonchev–Trinajstić information content (AvgIpc) is 2.31. The first-order valence-electron chi connectivity index (χ1n) is 3.44. The molecule has 12 heavy (non-hydrogen) atoms. The van der Waals surface area contributed by atoms with E-state index < -0.39 is 0 Å². The van der Waals surface area contributed by atoms with Gasteiger partial charge in [-0.1, -0.05) is 6.07 Å². The van der Waals surface area contributed by atoms with E-state index in [1.807, 2.05) is 18.2 Å². The van der Waals surface area contributed by atoms with Crippen molar-refractivity contribution < 1.29 is 4.79 Å². The Morgan fingerprint density at radius 1 is 1.50 bits per heavy atom. The van der Waals surface area contributed by atoms with Gasteiger partial charge in [0.2, 0.25) is 0 Å². The Bertz CT molecular complexity index is 353. The SMILES string of the molecule is O=C1c2cc(I)ccc2CN1Cl. The zero-order valence-electron chi connectivity index (χ0n) is 6.05. The highest BCUT2D eigenvalue weighted by Gasteiger charge is 2.25. The van der Waals surface area contributed by atoms with Gasteiger partial charge in [-0.25, -0.2) is 4.42 Å². The lowest BCUT2D eigenvalue weighted by molar-refractivity contribution is 0.0881. The van der Waals surface area contributed by atoms with E-state index in [9.17, 15) is 4.79 Å². The number of fused-ring (bicyclic) bond motifs is 1. The Hall–Kier alpha value is -0.290. The smallest absolute Gasteiger partial charge is 0.268 e. The minimum Gasteiger partial charge on any atom is -0.268 e. The van der Waals surface area contributed by atoms with E-state index in [0.717, 1.165) is 14.7 Å². The van der Waals surface area contributed by atoms with Crippen LogP contribution < -0.4 is 0 Å². The molecule has 1 heterocycles. The second kappa shape index (κ2) is 2.88. The van der Waals surface area contributed by atoms with E-state index in [1.165, 1.54) is 4.42 Å². The summed E-state index contributed by atoms with van der Waals surface area (Å²) >= 11 is 7.84. The molecule has 0 unspecified atom stereocenters. The van der Waals surface area contributed by atoms with E-state index in [4.69, 9.17) is 11.8 Å². The first-order chi connectivity index (χ1) is 5.68. The van der Waals surface area contributed by atoms with Crippen molar-refractivity contribution in [3.63, 3.8) is 0 Å². The molecule has 1 aliphatic heterocycles. The average molecular weight is 293 g/mol. The molecule has 0 fully saturated rings. The van der Waals surface area contributed by atoms with Gasteiger partial charge in [-0.05, 0) is 40.3 Å². The van der Waals surface area contributed by atoms with Crippen LogP contribution in [0.1, 0.15) is 15.9 Å². The summed E-state index contributed by atoms with van der Waals surface area (Å²) in [5.74, 6) is -0.0924. The Labute approximate surface area is 88.8 Å². The molecule has 0 saturated heterocycles. The lowest BCUT2D eigenvalue weighted by atomic mass is 10.1. The van der Waals surface area contributed by atoms with E-state index in [-0.39, 0.29) is 5.91 Å². The summed E-state index contributed by atoms with van der Waals surface area (Å²) in [4.78, 5) is 11.3. The lowest BCUT2D eigenvalue weighted by Gasteiger charge is -1.99. The zero-order chi connectivity index (χ0) is 8.72. The molecule has 0 radical (unpaired) electrons. The number of carbonyl (C=O) groups excluding carboxylic acids is 1. The predicted molar refractivity (Wildman–Crippen MR) is 54.9 cm³/mol. The van der Waals surface area contributed by atoms with Crippen molar-refractivity contribution in [3.05, 3.63) is 32.9 Å². The van der Waals surface area contributed by atoms with E-state index in [2.05, 4.69) is 22.6 Å². The second-order valence-electron chi connectivity index (χ2n) is 2.63. The number of halogens is 2.